The fraction of sp³-hybridized carbons (Fsp3) is 0.632. The van der Waals surface area contributed by atoms with Gasteiger partial charge in [0.15, 0.2) is 24.3 Å². The van der Waals surface area contributed by atoms with E-state index in [4.69, 9.17) is 0 Å². The van der Waals surface area contributed by atoms with Crippen molar-refractivity contribution in [1.82, 2.24) is 0 Å². The van der Waals surface area contributed by atoms with Gasteiger partial charge in [-0.05, 0) is 24.3 Å². The number of halogens is 2. The predicted molar refractivity (Wildman–Crippen MR) is 175 cm³/mol. The molecule has 1 aromatic carbocycles. The van der Waals surface area contributed by atoms with E-state index in [0.717, 1.165) is 0 Å². The van der Waals surface area contributed by atoms with Gasteiger partial charge in [0.1, 0.15) is 6.54 Å². The van der Waals surface area contributed by atoms with E-state index in [0.29, 0.717) is 0 Å². The summed E-state index contributed by atoms with van der Waals surface area (Å²) in [6, 6.07) is 17.1. The normalized spacial score (nSPS) is 10.4. The standard InChI is InChI=1S/C21H31N.C17H30N.2BrH/c1-2-3-4-5-6-7-8-9-10-11-16-21-20-15-13-12-14-19(20)17-18-22-21;1-2-3-4-5-6-7-8-9-10-12-15-18-16-13-11-14-17-18;;/h12-15,17-18H,2-11,16H2,1H3;11,13-14,16-17H,2-10,12,15H2,1H3;2*1H/q;+1;;/p-1. The fourth-order valence-electron chi connectivity index (χ4n) is 5.59. The molecule has 0 saturated carbocycles. The molecular formula is C38H62Br2N2. The largest absolute Gasteiger partial charge is 1.00 e. The number of H-pyrrole nitrogens is 1. The second-order valence-corrected chi connectivity index (χ2v) is 11.8. The Morgan fingerprint density at radius 3 is 1.52 bits per heavy atom. The number of hydrogen-bond acceptors (Lipinski definition) is 0. The van der Waals surface area contributed by atoms with Crippen molar-refractivity contribution in [1.29, 1.82) is 0 Å². The minimum atomic E-state index is 0. The molecule has 0 bridgehead atoms. The lowest BCUT2D eigenvalue weighted by Crippen LogP contribution is -3.00. The first kappa shape index (κ1) is 40.7. The molecular weight excluding hydrogens is 644 g/mol. The van der Waals surface area contributed by atoms with Crippen LogP contribution in [0.25, 0.3) is 10.8 Å². The Morgan fingerprint density at radius 2 is 0.976 bits per heavy atom. The fourth-order valence-corrected chi connectivity index (χ4v) is 5.59. The van der Waals surface area contributed by atoms with E-state index >= 15 is 0 Å². The van der Waals surface area contributed by atoms with Crippen molar-refractivity contribution in [2.45, 2.75) is 155 Å². The SMILES string of the molecule is CCCCCCCCCCCC[n+]1ccccc1.CCCCCCCCCCCCc1[nH+]ccc2ccccc12.[Br-].[Br-]. The first-order chi connectivity index (χ1) is 19.8. The van der Waals surface area contributed by atoms with Crippen molar-refractivity contribution in [2.24, 2.45) is 0 Å². The highest BCUT2D eigenvalue weighted by Crippen LogP contribution is 2.17. The topological polar surface area (TPSA) is 18.0 Å². The van der Waals surface area contributed by atoms with Crippen LogP contribution in [0.5, 0.6) is 0 Å². The van der Waals surface area contributed by atoms with Crippen molar-refractivity contribution >= 4 is 10.8 Å². The Labute approximate surface area is 281 Å². The first-order valence-corrected chi connectivity index (χ1v) is 17.2. The van der Waals surface area contributed by atoms with Gasteiger partial charge in [-0.2, -0.15) is 0 Å². The zero-order valence-corrected chi connectivity index (χ0v) is 30.3. The van der Waals surface area contributed by atoms with Crippen LogP contribution in [0.2, 0.25) is 0 Å². The van der Waals surface area contributed by atoms with E-state index in [1.165, 1.54) is 158 Å². The summed E-state index contributed by atoms with van der Waals surface area (Å²) >= 11 is 0. The van der Waals surface area contributed by atoms with Crippen molar-refractivity contribution in [3.8, 4) is 0 Å². The van der Waals surface area contributed by atoms with Gasteiger partial charge in [-0.1, -0.05) is 147 Å². The van der Waals surface area contributed by atoms with Crippen LogP contribution in [0.3, 0.4) is 0 Å². The zero-order chi connectivity index (χ0) is 28.4. The van der Waals surface area contributed by atoms with Crippen LogP contribution in [-0.4, -0.2) is 0 Å². The van der Waals surface area contributed by atoms with E-state index in [1.54, 1.807) is 0 Å². The second-order valence-electron chi connectivity index (χ2n) is 11.8. The zero-order valence-electron chi connectivity index (χ0n) is 27.1. The van der Waals surface area contributed by atoms with E-state index < -0.39 is 0 Å². The lowest BCUT2D eigenvalue weighted by atomic mass is 10.0. The Kier molecular flexibility index (Phi) is 28.9. The molecule has 0 aliphatic heterocycles. The van der Waals surface area contributed by atoms with Crippen LogP contribution >= 0.6 is 0 Å². The predicted octanol–water partition coefficient (Wildman–Crippen LogP) is 5.02. The Balaban J connectivity index is 0.000000779. The van der Waals surface area contributed by atoms with Crippen LogP contribution in [0.1, 0.15) is 148 Å². The lowest BCUT2D eigenvalue weighted by molar-refractivity contribution is -0.697. The summed E-state index contributed by atoms with van der Waals surface area (Å²) in [6.07, 6.45) is 35.7. The molecule has 0 atom stereocenters. The molecule has 0 amide bonds. The van der Waals surface area contributed by atoms with Crippen molar-refractivity contribution < 1.29 is 43.5 Å². The first-order valence-electron chi connectivity index (χ1n) is 17.2. The number of nitrogens with zero attached hydrogens (tertiary/aromatic N) is 1. The second kappa shape index (κ2) is 29.8. The number of aromatic nitrogens is 2. The molecule has 0 fully saturated rings. The molecule has 2 nitrogen and oxygen atoms in total. The number of unbranched alkanes of at least 4 members (excludes halogenated alkanes) is 18. The van der Waals surface area contributed by atoms with E-state index in [-0.39, 0.29) is 34.0 Å². The third-order valence-corrected chi connectivity index (χ3v) is 8.13. The molecule has 0 spiro atoms. The molecule has 2 aromatic heterocycles. The summed E-state index contributed by atoms with van der Waals surface area (Å²) in [6.45, 7) is 5.75. The van der Waals surface area contributed by atoms with Crippen molar-refractivity contribution in [3.63, 3.8) is 0 Å². The summed E-state index contributed by atoms with van der Waals surface area (Å²) in [7, 11) is 0. The van der Waals surface area contributed by atoms with Gasteiger partial charge in [0.05, 0.1) is 0 Å². The summed E-state index contributed by atoms with van der Waals surface area (Å²) in [4.78, 5) is 3.44. The molecule has 1 N–H and O–H groups in total. The maximum atomic E-state index is 3.44. The number of pyridine rings is 2. The van der Waals surface area contributed by atoms with E-state index in [1.807, 2.05) is 0 Å². The maximum absolute atomic E-state index is 3.44. The molecule has 0 aliphatic carbocycles. The van der Waals surface area contributed by atoms with Crippen LogP contribution < -0.4 is 43.5 Å². The minimum Gasteiger partial charge on any atom is -1.00 e. The molecule has 0 unspecified atom stereocenters. The van der Waals surface area contributed by atoms with Gasteiger partial charge >= 0.3 is 0 Å². The molecule has 0 saturated heterocycles. The Hall–Kier alpha value is -1.26. The number of fused-ring (bicyclic) bond motifs is 1. The number of nitrogens with one attached hydrogen (secondary N) is 1. The number of hydrogen-bond donors (Lipinski definition) is 0. The van der Waals surface area contributed by atoms with Crippen LogP contribution in [0.4, 0.5) is 0 Å². The van der Waals surface area contributed by atoms with Crippen molar-refractivity contribution in [2.75, 3.05) is 0 Å². The molecule has 3 aromatic rings. The molecule has 0 aliphatic rings. The number of benzene rings is 1. The van der Waals surface area contributed by atoms with Gasteiger partial charge in [-0.25, -0.2) is 9.55 Å². The summed E-state index contributed by atoms with van der Waals surface area (Å²) in [5, 5.41) is 2.74. The van der Waals surface area contributed by atoms with Gasteiger partial charge in [0.2, 0.25) is 0 Å². The summed E-state index contributed by atoms with van der Waals surface area (Å²) < 4.78 is 2.28. The smallest absolute Gasteiger partial charge is 0.187 e. The highest BCUT2D eigenvalue weighted by Gasteiger charge is 2.06. The molecule has 0 radical (unpaired) electrons. The highest BCUT2D eigenvalue weighted by molar-refractivity contribution is 5.83. The average molecular weight is 707 g/mol. The molecule has 42 heavy (non-hydrogen) atoms. The molecule has 238 valence electrons. The van der Waals surface area contributed by atoms with Crippen LogP contribution in [-0.2, 0) is 13.0 Å². The number of aromatic amines is 1. The third-order valence-electron chi connectivity index (χ3n) is 8.13. The Bertz CT molecular complexity index is 958. The minimum absolute atomic E-state index is 0. The van der Waals surface area contributed by atoms with E-state index in [2.05, 4.69) is 90.5 Å². The lowest BCUT2D eigenvalue weighted by Gasteiger charge is -2.02. The van der Waals surface area contributed by atoms with Gasteiger partial charge < -0.3 is 34.0 Å². The Morgan fingerprint density at radius 1 is 0.500 bits per heavy atom. The molecule has 3 rings (SSSR count). The quantitative estimate of drug-likeness (QED) is 0.103. The average Bonchev–Trinajstić information content (AvgIpc) is 3.00. The van der Waals surface area contributed by atoms with Crippen molar-refractivity contribution in [3.05, 3.63) is 72.8 Å². The summed E-state index contributed by atoms with van der Waals surface area (Å²) in [5.41, 5.74) is 1.40. The van der Waals surface area contributed by atoms with Gasteiger partial charge in [0, 0.05) is 36.4 Å². The third kappa shape index (κ3) is 20.6. The van der Waals surface area contributed by atoms with Gasteiger partial charge in [0.25, 0.3) is 0 Å². The highest BCUT2D eigenvalue weighted by atomic mass is 79.9. The van der Waals surface area contributed by atoms with E-state index in [9.17, 15) is 0 Å². The van der Waals surface area contributed by atoms with Gasteiger partial charge in [-0.3, -0.25) is 0 Å². The summed E-state index contributed by atoms with van der Waals surface area (Å²) in [5.74, 6) is 0. The van der Waals surface area contributed by atoms with Gasteiger partial charge in [-0.15, -0.1) is 0 Å². The maximum Gasteiger partial charge on any atom is 0.187 e. The van der Waals surface area contributed by atoms with Crippen LogP contribution in [0.15, 0.2) is 67.1 Å². The van der Waals surface area contributed by atoms with Crippen LogP contribution in [0, 0.1) is 0 Å². The monoisotopic (exact) mass is 704 g/mol. The molecule has 2 heterocycles. The number of rotatable bonds is 22. The molecule has 4 heteroatoms. The number of aryl methyl sites for hydroxylation is 2.